The van der Waals surface area contributed by atoms with Crippen LogP contribution in [-0.4, -0.2) is 24.5 Å². The summed E-state index contributed by atoms with van der Waals surface area (Å²) in [4.78, 5) is 21.5. The number of esters is 1. The van der Waals surface area contributed by atoms with E-state index < -0.39 is 16.8 Å². The van der Waals surface area contributed by atoms with Crippen molar-refractivity contribution in [2.75, 3.05) is 13.7 Å². The van der Waals surface area contributed by atoms with E-state index in [1.54, 1.807) is 18.2 Å². The first kappa shape index (κ1) is 13.6. The van der Waals surface area contributed by atoms with Gasteiger partial charge in [0.25, 0.3) is 0 Å². The van der Waals surface area contributed by atoms with Crippen molar-refractivity contribution in [3.63, 3.8) is 0 Å². The molecule has 0 fully saturated rings. The van der Waals surface area contributed by atoms with E-state index in [9.17, 15) is 14.9 Å². The molecule has 5 nitrogen and oxygen atoms in total. The molecule has 0 heterocycles. The minimum absolute atomic E-state index is 0.135. The van der Waals surface area contributed by atoms with Crippen molar-refractivity contribution in [2.24, 2.45) is 0 Å². The first-order valence-corrected chi connectivity index (χ1v) is 5.79. The van der Waals surface area contributed by atoms with Crippen LogP contribution in [0.15, 0.2) is 28.7 Å². The Hall–Kier alpha value is -1.43. The summed E-state index contributed by atoms with van der Waals surface area (Å²) in [6, 6.07) is 7.13. The first-order chi connectivity index (χ1) is 8.04. The molecule has 0 spiro atoms. The molecule has 0 aromatic heterocycles. The van der Waals surface area contributed by atoms with E-state index in [-0.39, 0.29) is 13.0 Å². The Morgan fingerprint density at radius 2 is 2.29 bits per heavy atom. The normalized spacial score (nSPS) is 11.9. The average molecular weight is 302 g/mol. The highest BCUT2D eigenvalue weighted by Gasteiger charge is 2.23. The molecule has 1 unspecified atom stereocenters. The zero-order valence-corrected chi connectivity index (χ0v) is 10.8. The summed E-state index contributed by atoms with van der Waals surface area (Å²) in [6.45, 7) is -0.258. The van der Waals surface area contributed by atoms with Crippen LogP contribution in [-0.2, 0) is 9.53 Å². The maximum absolute atomic E-state index is 11.6. The van der Waals surface area contributed by atoms with E-state index in [0.29, 0.717) is 5.56 Å². The molecule has 0 N–H and O–H groups in total. The van der Waals surface area contributed by atoms with Crippen LogP contribution in [0.1, 0.15) is 17.9 Å². The fraction of sp³-hybridized carbons (Fsp3) is 0.364. The van der Waals surface area contributed by atoms with Crippen molar-refractivity contribution in [1.29, 1.82) is 0 Å². The Morgan fingerprint density at radius 3 is 2.82 bits per heavy atom. The third-order valence-electron chi connectivity index (χ3n) is 2.34. The molecule has 0 radical (unpaired) electrons. The smallest absolute Gasteiger partial charge is 0.313 e. The van der Waals surface area contributed by atoms with Gasteiger partial charge in [-0.15, -0.1) is 0 Å². The fourth-order valence-electron chi connectivity index (χ4n) is 1.52. The quantitative estimate of drug-likeness (QED) is 0.475. The van der Waals surface area contributed by atoms with Gasteiger partial charge in [-0.25, -0.2) is 0 Å². The van der Waals surface area contributed by atoms with Gasteiger partial charge in [-0.1, -0.05) is 28.1 Å². The lowest BCUT2D eigenvalue weighted by Crippen LogP contribution is -2.18. The molecular formula is C11H12BrNO4. The lowest BCUT2D eigenvalue weighted by Gasteiger charge is -2.13. The van der Waals surface area contributed by atoms with E-state index in [4.69, 9.17) is 0 Å². The van der Waals surface area contributed by atoms with E-state index in [0.717, 1.165) is 4.47 Å². The van der Waals surface area contributed by atoms with Crippen molar-refractivity contribution in [3.8, 4) is 0 Å². The van der Waals surface area contributed by atoms with Gasteiger partial charge in [-0.3, -0.25) is 14.9 Å². The van der Waals surface area contributed by atoms with Gasteiger partial charge in [-0.05, 0) is 17.7 Å². The predicted molar refractivity (Wildman–Crippen MR) is 65.4 cm³/mol. The molecule has 1 aromatic carbocycles. The second-order valence-corrected chi connectivity index (χ2v) is 4.39. The molecule has 0 aliphatic heterocycles. The average Bonchev–Trinajstić information content (AvgIpc) is 2.28. The Kier molecular flexibility index (Phi) is 5.09. The molecule has 1 atom stereocenters. The van der Waals surface area contributed by atoms with Crippen molar-refractivity contribution >= 4 is 21.9 Å². The van der Waals surface area contributed by atoms with E-state index in [1.165, 1.54) is 7.11 Å². The molecule has 1 aromatic rings. The molecule has 0 aliphatic rings. The number of carbonyl (C=O) groups is 1. The molecule has 0 bridgehead atoms. The zero-order valence-electron chi connectivity index (χ0n) is 9.26. The van der Waals surface area contributed by atoms with E-state index in [1.807, 2.05) is 6.07 Å². The number of rotatable bonds is 5. The maximum atomic E-state index is 11.6. The van der Waals surface area contributed by atoms with Crippen LogP contribution in [0, 0.1) is 10.1 Å². The number of methoxy groups -OCH3 is 1. The molecule has 92 valence electrons. The number of nitro groups is 1. The Balaban J connectivity index is 2.89. The summed E-state index contributed by atoms with van der Waals surface area (Å²) in [5, 5.41) is 10.4. The molecule has 0 amide bonds. The third-order valence-corrected chi connectivity index (χ3v) is 2.83. The zero-order chi connectivity index (χ0) is 12.8. The van der Waals surface area contributed by atoms with Gasteiger partial charge in [0, 0.05) is 15.8 Å². The second-order valence-electron chi connectivity index (χ2n) is 3.48. The second kappa shape index (κ2) is 6.34. The predicted octanol–water partition coefficient (Wildman–Crippen LogP) is 2.37. The topological polar surface area (TPSA) is 69.4 Å². The van der Waals surface area contributed by atoms with Gasteiger partial charge in [0.2, 0.25) is 6.54 Å². The first-order valence-electron chi connectivity index (χ1n) is 4.99. The number of benzene rings is 1. The molecule has 0 aliphatic carbocycles. The van der Waals surface area contributed by atoms with Crippen molar-refractivity contribution in [3.05, 3.63) is 44.4 Å². The summed E-state index contributed by atoms with van der Waals surface area (Å²) in [6.07, 6.45) is 0.135. The highest BCUT2D eigenvalue weighted by atomic mass is 79.9. The molecular weight excluding hydrogens is 290 g/mol. The van der Waals surface area contributed by atoms with Crippen LogP contribution >= 0.6 is 15.9 Å². The molecule has 6 heteroatoms. The summed E-state index contributed by atoms with van der Waals surface area (Å²) >= 11 is 3.30. The Bertz CT molecular complexity index is 422. The van der Waals surface area contributed by atoms with E-state index >= 15 is 0 Å². The minimum atomic E-state index is -0.595. The molecule has 0 saturated heterocycles. The number of ether oxygens (including phenoxy) is 1. The van der Waals surface area contributed by atoms with Crippen molar-refractivity contribution in [1.82, 2.24) is 0 Å². The van der Waals surface area contributed by atoms with Gasteiger partial charge in [-0.2, -0.15) is 0 Å². The molecule has 17 heavy (non-hydrogen) atoms. The highest BCUT2D eigenvalue weighted by Crippen LogP contribution is 2.24. The van der Waals surface area contributed by atoms with Gasteiger partial charge in [0.05, 0.1) is 13.0 Å². The number of hydrogen-bond acceptors (Lipinski definition) is 4. The van der Waals surface area contributed by atoms with Crippen LogP contribution in [0.4, 0.5) is 0 Å². The van der Waals surface area contributed by atoms with Gasteiger partial charge >= 0.3 is 5.97 Å². The Labute approximate surface area is 107 Å². The number of nitrogens with zero attached hydrogens (tertiary/aromatic N) is 1. The Morgan fingerprint density at radius 1 is 1.59 bits per heavy atom. The number of carbonyl (C=O) groups excluding carboxylic acids is 1. The fourth-order valence-corrected chi connectivity index (χ4v) is 1.94. The number of halogens is 1. The highest BCUT2D eigenvalue weighted by molar-refractivity contribution is 9.10. The standard InChI is InChI=1S/C11H12BrNO4/c1-17-11(14)10(5-6-13(15)16)8-3-2-4-9(12)7-8/h2-4,7,10H,5-6H2,1H3. The molecule has 1 rings (SSSR count). The van der Waals surface area contributed by atoms with Gasteiger partial charge in [0.15, 0.2) is 0 Å². The monoisotopic (exact) mass is 301 g/mol. The summed E-state index contributed by atoms with van der Waals surface area (Å²) < 4.78 is 5.49. The maximum Gasteiger partial charge on any atom is 0.313 e. The van der Waals surface area contributed by atoms with Crippen LogP contribution in [0.25, 0.3) is 0 Å². The number of hydrogen-bond donors (Lipinski definition) is 0. The lowest BCUT2D eigenvalue weighted by molar-refractivity contribution is -0.480. The van der Waals surface area contributed by atoms with Gasteiger partial charge < -0.3 is 4.74 Å². The van der Waals surface area contributed by atoms with Crippen LogP contribution in [0.2, 0.25) is 0 Å². The largest absolute Gasteiger partial charge is 0.469 e. The minimum Gasteiger partial charge on any atom is -0.469 e. The van der Waals surface area contributed by atoms with Crippen LogP contribution < -0.4 is 0 Å². The van der Waals surface area contributed by atoms with Crippen molar-refractivity contribution in [2.45, 2.75) is 12.3 Å². The van der Waals surface area contributed by atoms with Crippen LogP contribution in [0.5, 0.6) is 0 Å². The summed E-state index contributed by atoms with van der Waals surface area (Å²) in [5.74, 6) is -1.05. The SMILES string of the molecule is COC(=O)C(CC[N+](=O)[O-])c1cccc(Br)c1. The third kappa shape index (κ3) is 4.14. The lowest BCUT2D eigenvalue weighted by atomic mass is 9.96. The van der Waals surface area contributed by atoms with Crippen LogP contribution in [0.3, 0.4) is 0 Å². The van der Waals surface area contributed by atoms with E-state index in [2.05, 4.69) is 20.7 Å². The summed E-state index contributed by atoms with van der Waals surface area (Å²) in [7, 11) is 1.28. The van der Waals surface area contributed by atoms with Gasteiger partial charge in [0.1, 0.15) is 0 Å². The molecule has 0 saturated carbocycles. The van der Waals surface area contributed by atoms with Crippen molar-refractivity contribution < 1.29 is 14.5 Å². The summed E-state index contributed by atoms with van der Waals surface area (Å²) in [5.41, 5.74) is 0.716.